The molecule has 1 aromatic carbocycles. The highest BCUT2D eigenvalue weighted by Crippen LogP contribution is 2.42. The normalized spacial score (nSPS) is 27.0. The molecule has 1 aliphatic carbocycles. The van der Waals surface area contributed by atoms with Gasteiger partial charge in [-0.25, -0.2) is 0 Å². The van der Waals surface area contributed by atoms with Crippen molar-refractivity contribution >= 4 is 20.4 Å². The van der Waals surface area contributed by atoms with Gasteiger partial charge in [0, 0.05) is 10.8 Å². The highest BCUT2D eigenvalue weighted by molar-refractivity contribution is 7.98. The molecular formula is C21H34O4SSi. The van der Waals surface area contributed by atoms with Crippen molar-refractivity contribution < 1.29 is 18.8 Å². The maximum Gasteiger partial charge on any atom is 0.192 e. The summed E-state index contributed by atoms with van der Waals surface area (Å²) in [5.74, 6) is 0.966. The second kappa shape index (κ2) is 9.14. The highest BCUT2D eigenvalue weighted by atomic mass is 32.2. The molecule has 0 radical (unpaired) electrons. The second-order valence-electron chi connectivity index (χ2n) is 9.05. The van der Waals surface area contributed by atoms with Crippen LogP contribution in [0.3, 0.4) is 0 Å². The number of allylic oxidation sites excluding steroid dienone is 1. The van der Waals surface area contributed by atoms with E-state index in [-0.39, 0.29) is 23.0 Å². The first-order valence-corrected chi connectivity index (χ1v) is 13.3. The van der Waals surface area contributed by atoms with Crippen LogP contribution in [0.15, 0.2) is 41.3 Å². The van der Waals surface area contributed by atoms with Crippen molar-refractivity contribution in [2.45, 2.75) is 71.4 Å². The molecule has 0 saturated heterocycles. The van der Waals surface area contributed by atoms with E-state index < -0.39 is 14.4 Å². The van der Waals surface area contributed by atoms with Crippen LogP contribution in [0.2, 0.25) is 18.1 Å². The van der Waals surface area contributed by atoms with Crippen LogP contribution in [0, 0.1) is 11.8 Å². The van der Waals surface area contributed by atoms with Crippen molar-refractivity contribution in [3.05, 3.63) is 41.3 Å². The summed E-state index contributed by atoms with van der Waals surface area (Å²) in [7, 11) is -1.92. The zero-order valence-electron chi connectivity index (χ0n) is 17.6. The van der Waals surface area contributed by atoms with Gasteiger partial charge in [-0.05, 0) is 48.7 Å². The van der Waals surface area contributed by atoms with E-state index in [9.17, 15) is 5.11 Å². The minimum atomic E-state index is -1.92. The molecule has 0 aromatic heterocycles. The predicted molar refractivity (Wildman–Crippen MR) is 115 cm³/mol. The van der Waals surface area contributed by atoms with Gasteiger partial charge in [-0.2, -0.15) is 0 Å². The van der Waals surface area contributed by atoms with Crippen LogP contribution >= 0.6 is 12.0 Å². The molecule has 0 bridgehead atoms. The van der Waals surface area contributed by atoms with Crippen molar-refractivity contribution in [1.82, 2.24) is 0 Å². The molecule has 0 heterocycles. The fourth-order valence-electron chi connectivity index (χ4n) is 2.93. The molecule has 0 saturated carbocycles. The molecule has 0 unspecified atom stereocenters. The lowest BCUT2D eigenvalue weighted by Gasteiger charge is -2.42. The lowest BCUT2D eigenvalue weighted by Crippen LogP contribution is -2.48. The van der Waals surface area contributed by atoms with Gasteiger partial charge in [-0.1, -0.05) is 52.8 Å². The minimum absolute atomic E-state index is 0.0188. The Labute approximate surface area is 169 Å². The monoisotopic (exact) mass is 410 g/mol. The van der Waals surface area contributed by atoms with Crippen molar-refractivity contribution in [3.63, 3.8) is 0 Å². The number of para-hydroxylation sites is 1. The van der Waals surface area contributed by atoms with Crippen LogP contribution < -0.4 is 4.89 Å². The molecule has 4 atom stereocenters. The number of hydrogen-bond donors (Lipinski definition) is 1. The Morgan fingerprint density at radius 1 is 1.11 bits per heavy atom. The maximum absolute atomic E-state index is 10.7. The Bertz CT molecular complexity index is 627. The summed E-state index contributed by atoms with van der Waals surface area (Å²) < 4.78 is 12.0. The molecular weight excluding hydrogens is 376 g/mol. The van der Waals surface area contributed by atoms with Crippen LogP contribution in [-0.2, 0) is 8.76 Å². The molecule has 0 fully saturated rings. The number of aliphatic hydroxyl groups is 1. The largest absolute Gasteiger partial charge is 0.413 e. The Kier molecular flexibility index (Phi) is 7.61. The number of benzene rings is 1. The standard InChI is InChI=1S/C21H34O4SSi/c1-15-13-18(26-25-23-17-11-9-8-10-12-17)14-19(22)16(2)20(15)24-27(6,7)21(3,4)5/h8-12,14-16,19-20,22H,13H2,1-7H3/t15-,16-,19+,20+/m0/s1. The molecule has 4 nitrogen and oxygen atoms in total. The lowest BCUT2D eigenvalue weighted by atomic mass is 9.90. The van der Waals surface area contributed by atoms with E-state index in [1.807, 2.05) is 36.4 Å². The Balaban J connectivity index is 2.01. The fourth-order valence-corrected chi connectivity index (χ4v) is 5.14. The van der Waals surface area contributed by atoms with Gasteiger partial charge in [0.25, 0.3) is 0 Å². The zero-order chi connectivity index (χ0) is 20.2. The van der Waals surface area contributed by atoms with Crippen molar-refractivity contribution in [3.8, 4) is 5.75 Å². The van der Waals surface area contributed by atoms with Gasteiger partial charge in [-0.15, -0.1) is 4.33 Å². The first-order chi connectivity index (χ1) is 12.5. The summed E-state index contributed by atoms with van der Waals surface area (Å²) in [6.45, 7) is 15.5. The summed E-state index contributed by atoms with van der Waals surface area (Å²) in [5.41, 5.74) is 0. The average Bonchev–Trinajstić information content (AvgIpc) is 2.67. The Hall–Kier alpha value is -0.793. The van der Waals surface area contributed by atoms with E-state index in [1.165, 1.54) is 12.0 Å². The molecule has 2 rings (SSSR count). The van der Waals surface area contributed by atoms with Gasteiger partial charge < -0.3 is 14.4 Å². The Morgan fingerprint density at radius 2 is 1.74 bits per heavy atom. The van der Waals surface area contributed by atoms with E-state index in [1.54, 1.807) is 0 Å². The average molecular weight is 411 g/mol. The molecule has 6 heteroatoms. The van der Waals surface area contributed by atoms with Crippen LogP contribution in [0.25, 0.3) is 0 Å². The van der Waals surface area contributed by atoms with Crippen molar-refractivity contribution in [2.24, 2.45) is 11.8 Å². The third-order valence-electron chi connectivity index (χ3n) is 5.75. The van der Waals surface area contributed by atoms with Gasteiger partial charge >= 0.3 is 0 Å². The molecule has 152 valence electrons. The second-order valence-corrected chi connectivity index (χ2v) is 14.6. The summed E-state index contributed by atoms with van der Waals surface area (Å²) in [5, 5.41) is 10.8. The number of rotatable bonds is 6. The van der Waals surface area contributed by atoms with Crippen LogP contribution in [-0.4, -0.2) is 25.6 Å². The highest BCUT2D eigenvalue weighted by Gasteiger charge is 2.43. The molecule has 1 aliphatic rings. The SMILES string of the molecule is C[C@@H]1[C@H](O[Si](C)(C)C(C)(C)C)[C@@H](C)CC(SOOc2ccccc2)=C[C@H]1O. The zero-order valence-corrected chi connectivity index (χ0v) is 19.4. The van der Waals surface area contributed by atoms with Crippen molar-refractivity contribution in [1.29, 1.82) is 0 Å². The minimum Gasteiger partial charge on any atom is -0.413 e. The summed E-state index contributed by atoms with van der Waals surface area (Å²) in [4.78, 5) is 6.29. The first kappa shape index (κ1) is 22.5. The summed E-state index contributed by atoms with van der Waals surface area (Å²) in [6.07, 6.45) is 2.14. The van der Waals surface area contributed by atoms with Gasteiger partial charge in [0.05, 0.1) is 24.3 Å². The summed E-state index contributed by atoms with van der Waals surface area (Å²) >= 11 is 1.18. The molecule has 27 heavy (non-hydrogen) atoms. The number of hydrogen-bond acceptors (Lipinski definition) is 5. The number of aliphatic hydroxyl groups excluding tert-OH is 1. The van der Waals surface area contributed by atoms with Gasteiger partial charge in [0.1, 0.15) is 0 Å². The Morgan fingerprint density at radius 3 is 2.33 bits per heavy atom. The molecule has 0 aliphatic heterocycles. The van der Waals surface area contributed by atoms with Crippen LogP contribution in [0.1, 0.15) is 41.0 Å². The molecule has 1 aromatic rings. The van der Waals surface area contributed by atoms with E-state index in [4.69, 9.17) is 13.6 Å². The van der Waals surface area contributed by atoms with Crippen molar-refractivity contribution in [2.75, 3.05) is 0 Å². The van der Waals surface area contributed by atoms with Crippen LogP contribution in [0.4, 0.5) is 0 Å². The smallest absolute Gasteiger partial charge is 0.192 e. The van der Waals surface area contributed by atoms with Crippen LogP contribution in [0.5, 0.6) is 5.75 Å². The van der Waals surface area contributed by atoms with E-state index in [0.29, 0.717) is 5.75 Å². The summed E-state index contributed by atoms with van der Waals surface area (Å²) in [6, 6.07) is 9.39. The topological polar surface area (TPSA) is 47.9 Å². The fraction of sp³-hybridized carbons (Fsp3) is 0.619. The van der Waals surface area contributed by atoms with E-state index in [2.05, 4.69) is 47.7 Å². The molecule has 0 spiro atoms. The predicted octanol–water partition coefficient (Wildman–Crippen LogP) is 5.96. The van der Waals surface area contributed by atoms with E-state index in [0.717, 1.165) is 11.3 Å². The maximum atomic E-state index is 10.7. The quantitative estimate of drug-likeness (QED) is 0.271. The lowest BCUT2D eigenvalue weighted by molar-refractivity contribution is -0.0770. The van der Waals surface area contributed by atoms with Gasteiger partial charge in [-0.3, -0.25) is 0 Å². The van der Waals surface area contributed by atoms with E-state index >= 15 is 0 Å². The molecule has 1 N–H and O–H groups in total. The van der Waals surface area contributed by atoms with Gasteiger partial charge in [0.2, 0.25) is 0 Å². The first-order valence-electron chi connectivity index (χ1n) is 9.64. The third-order valence-corrected chi connectivity index (χ3v) is 10.9. The third kappa shape index (κ3) is 6.09. The molecule has 0 amide bonds. The van der Waals surface area contributed by atoms with Gasteiger partial charge in [0.15, 0.2) is 14.1 Å².